The van der Waals surface area contributed by atoms with Crippen molar-refractivity contribution in [3.05, 3.63) is 80.6 Å². The van der Waals surface area contributed by atoms with Gasteiger partial charge in [0, 0.05) is 24.1 Å². The summed E-state index contributed by atoms with van der Waals surface area (Å²) in [6.07, 6.45) is 0.343. The molecule has 3 rings (SSSR count). The zero-order chi connectivity index (χ0) is 20.6. The van der Waals surface area contributed by atoms with E-state index in [1.54, 1.807) is 42.9 Å². The van der Waals surface area contributed by atoms with Crippen LogP contribution in [0.3, 0.4) is 0 Å². The molecule has 1 heterocycles. The first-order chi connectivity index (χ1) is 13.1. The Hall–Kier alpha value is -2.19. The average Bonchev–Trinajstić information content (AvgIpc) is 2.87. The van der Waals surface area contributed by atoms with Crippen molar-refractivity contribution in [3.63, 3.8) is 0 Å². The molecule has 0 bridgehead atoms. The van der Waals surface area contributed by atoms with Gasteiger partial charge in [0.05, 0.1) is 26.9 Å². The summed E-state index contributed by atoms with van der Waals surface area (Å²) in [5, 5.41) is 5.04. The van der Waals surface area contributed by atoms with Crippen LogP contribution in [0, 0.1) is 6.92 Å². The van der Waals surface area contributed by atoms with E-state index in [0.29, 0.717) is 34.0 Å². The van der Waals surface area contributed by atoms with E-state index in [9.17, 15) is 13.2 Å². The molecule has 6 nitrogen and oxygen atoms in total. The molecular formula is C19H16Cl2N2O4S. The van der Waals surface area contributed by atoms with Crippen molar-refractivity contribution in [2.75, 3.05) is 0 Å². The van der Waals surface area contributed by atoms with Gasteiger partial charge in [-0.15, -0.1) is 0 Å². The fourth-order valence-corrected chi connectivity index (χ4v) is 3.96. The summed E-state index contributed by atoms with van der Waals surface area (Å²) < 4.78 is 33.1. The van der Waals surface area contributed by atoms with Crippen molar-refractivity contribution >= 4 is 39.1 Å². The summed E-state index contributed by atoms with van der Waals surface area (Å²) in [7, 11) is -2.53. The predicted molar refractivity (Wildman–Crippen MR) is 107 cm³/mol. The summed E-state index contributed by atoms with van der Waals surface area (Å²) in [6, 6.07) is 10.5. The number of halogens is 2. The molecule has 0 atom stereocenters. The molecule has 2 aromatic carbocycles. The van der Waals surface area contributed by atoms with Gasteiger partial charge in [0.15, 0.2) is 5.78 Å². The average molecular weight is 439 g/mol. The van der Waals surface area contributed by atoms with Gasteiger partial charge in [-0.05, 0) is 42.8 Å². The first-order valence-corrected chi connectivity index (χ1v) is 10.4. The van der Waals surface area contributed by atoms with Gasteiger partial charge in [-0.3, -0.25) is 14.0 Å². The number of rotatable bonds is 5. The lowest BCUT2D eigenvalue weighted by Crippen LogP contribution is -2.09. The molecule has 0 aliphatic heterocycles. The Labute approximate surface area is 172 Å². The van der Waals surface area contributed by atoms with Crippen LogP contribution >= 0.6 is 23.2 Å². The SMILES string of the molecule is Cc1nn(C)c(Cc2ccc(S(=O)(=O)O)cc2)c1C(=O)c1ccc(Cl)cc1Cl. The molecule has 0 aliphatic rings. The topological polar surface area (TPSA) is 89.3 Å². The highest BCUT2D eigenvalue weighted by Crippen LogP contribution is 2.27. The first-order valence-electron chi connectivity index (χ1n) is 8.16. The molecule has 0 unspecified atom stereocenters. The maximum atomic E-state index is 13.1. The van der Waals surface area contributed by atoms with E-state index in [4.69, 9.17) is 27.8 Å². The molecule has 0 saturated carbocycles. The quantitative estimate of drug-likeness (QED) is 0.478. The van der Waals surface area contributed by atoms with Gasteiger partial charge >= 0.3 is 0 Å². The third-order valence-electron chi connectivity index (χ3n) is 4.34. The summed E-state index contributed by atoms with van der Waals surface area (Å²) >= 11 is 12.1. The Morgan fingerprint density at radius 1 is 1.14 bits per heavy atom. The number of benzene rings is 2. The number of ketones is 1. The van der Waals surface area contributed by atoms with Crippen molar-refractivity contribution < 1.29 is 17.8 Å². The van der Waals surface area contributed by atoms with E-state index in [1.165, 1.54) is 18.2 Å². The Balaban J connectivity index is 2.00. The fraction of sp³-hybridized carbons (Fsp3) is 0.158. The molecule has 0 aliphatic carbocycles. The minimum Gasteiger partial charge on any atom is -0.288 e. The molecule has 0 amide bonds. The van der Waals surface area contributed by atoms with Crippen molar-refractivity contribution in [2.45, 2.75) is 18.2 Å². The van der Waals surface area contributed by atoms with E-state index in [2.05, 4.69) is 5.10 Å². The third kappa shape index (κ3) is 4.12. The summed E-state index contributed by atoms with van der Waals surface area (Å²) in [6.45, 7) is 1.74. The van der Waals surface area contributed by atoms with Crippen LogP contribution in [0.15, 0.2) is 47.4 Å². The molecular weight excluding hydrogens is 423 g/mol. The lowest BCUT2D eigenvalue weighted by molar-refractivity contribution is 0.103. The van der Waals surface area contributed by atoms with Crippen LogP contribution in [0.2, 0.25) is 10.0 Å². The van der Waals surface area contributed by atoms with Crippen LogP contribution in [0.5, 0.6) is 0 Å². The Kier molecular flexibility index (Phi) is 5.63. The van der Waals surface area contributed by atoms with Crippen LogP contribution in [0.25, 0.3) is 0 Å². The minimum absolute atomic E-state index is 0.193. The highest BCUT2D eigenvalue weighted by molar-refractivity contribution is 7.85. The maximum Gasteiger partial charge on any atom is 0.294 e. The molecule has 0 saturated heterocycles. The second-order valence-electron chi connectivity index (χ2n) is 6.28. The Morgan fingerprint density at radius 3 is 2.36 bits per heavy atom. The van der Waals surface area contributed by atoms with E-state index >= 15 is 0 Å². The monoisotopic (exact) mass is 438 g/mol. The molecule has 0 radical (unpaired) electrons. The molecule has 1 aromatic heterocycles. The maximum absolute atomic E-state index is 13.1. The summed E-state index contributed by atoms with van der Waals surface area (Å²) in [5.74, 6) is -0.267. The Morgan fingerprint density at radius 2 is 1.79 bits per heavy atom. The highest BCUT2D eigenvalue weighted by atomic mass is 35.5. The van der Waals surface area contributed by atoms with E-state index < -0.39 is 10.1 Å². The van der Waals surface area contributed by atoms with Crippen molar-refractivity contribution in [1.82, 2.24) is 9.78 Å². The smallest absolute Gasteiger partial charge is 0.288 e. The van der Waals surface area contributed by atoms with Crippen LogP contribution in [-0.2, 0) is 23.6 Å². The fourth-order valence-electron chi connectivity index (χ4n) is 2.99. The zero-order valence-electron chi connectivity index (χ0n) is 15.0. The van der Waals surface area contributed by atoms with Crippen LogP contribution < -0.4 is 0 Å². The second kappa shape index (κ2) is 7.67. The lowest BCUT2D eigenvalue weighted by Gasteiger charge is -2.09. The van der Waals surface area contributed by atoms with Gasteiger partial charge in [0.25, 0.3) is 10.1 Å². The standard InChI is InChI=1S/C19H16Cl2N2O4S/c1-11-18(19(24)15-8-5-13(20)10-16(15)21)17(23(2)22-11)9-12-3-6-14(7-4-12)28(25,26)27/h3-8,10H,9H2,1-2H3,(H,25,26,27). The van der Waals surface area contributed by atoms with Gasteiger partial charge in [0.1, 0.15) is 0 Å². The number of hydrogen-bond acceptors (Lipinski definition) is 4. The van der Waals surface area contributed by atoms with Crippen LogP contribution in [0.4, 0.5) is 0 Å². The molecule has 146 valence electrons. The van der Waals surface area contributed by atoms with Crippen LogP contribution in [-0.4, -0.2) is 28.5 Å². The van der Waals surface area contributed by atoms with E-state index in [0.717, 1.165) is 5.56 Å². The number of aryl methyl sites for hydroxylation is 2. The van der Waals surface area contributed by atoms with E-state index in [-0.39, 0.29) is 15.7 Å². The lowest BCUT2D eigenvalue weighted by atomic mass is 9.98. The Bertz CT molecular complexity index is 1170. The van der Waals surface area contributed by atoms with Gasteiger partial charge in [-0.25, -0.2) is 0 Å². The minimum atomic E-state index is -4.26. The van der Waals surface area contributed by atoms with Gasteiger partial charge in [0.2, 0.25) is 0 Å². The van der Waals surface area contributed by atoms with Crippen molar-refractivity contribution in [1.29, 1.82) is 0 Å². The number of hydrogen-bond donors (Lipinski definition) is 1. The van der Waals surface area contributed by atoms with Gasteiger partial charge in [-0.1, -0.05) is 35.3 Å². The summed E-state index contributed by atoms with van der Waals surface area (Å²) in [5.41, 5.74) is 2.73. The second-order valence-corrected chi connectivity index (χ2v) is 8.54. The van der Waals surface area contributed by atoms with Crippen LogP contribution in [0.1, 0.15) is 32.9 Å². The molecule has 28 heavy (non-hydrogen) atoms. The molecule has 9 heteroatoms. The molecule has 0 spiro atoms. The predicted octanol–water partition coefficient (Wildman–Crippen LogP) is 4.10. The van der Waals surface area contributed by atoms with Crippen molar-refractivity contribution in [2.24, 2.45) is 7.05 Å². The normalized spacial score (nSPS) is 11.6. The van der Waals surface area contributed by atoms with Gasteiger partial charge in [-0.2, -0.15) is 13.5 Å². The number of carbonyl (C=O) groups is 1. The number of nitrogens with zero attached hydrogens (tertiary/aromatic N) is 2. The van der Waals surface area contributed by atoms with Gasteiger partial charge < -0.3 is 0 Å². The molecule has 3 aromatic rings. The largest absolute Gasteiger partial charge is 0.294 e. The first kappa shape index (κ1) is 20.5. The number of aromatic nitrogens is 2. The third-order valence-corrected chi connectivity index (χ3v) is 5.75. The highest BCUT2D eigenvalue weighted by Gasteiger charge is 2.23. The van der Waals surface area contributed by atoms with Crippen molar-refractivity contribution in [3.8, 4) is 0 Å². The summed E-state index contributed by atoms with van der Waals surface area (Å²) in [4.78, 5) is 12.9. The molecule has 0 fully saturated rings. The van der Waals surface area contributed by atoms with E-state index in [1.807, 2.05) is 0 Å². The number of carbonyl (C=O) groups excluding carboxylic acids is 1. The molecule has 1 N–H and O–H groups in total. The zero-order valence-corrected chi connectivity index (χ0v) is 17.3.